The second kappa shape index (κ2) is 9.53. The van der Waals surface area contributed by atoms with Crippen LogP contribution in [-0.4, -0.2) is 39.5 Å². The molecule has 0 aromatic heterocycles. The van der Waals surface area contributed by atoms with Gasteiger partial charge >= 0.3 is 16.1 Å². The number of hydrogen-bond donors (Lipinski definition) is 3. The van der Waals surface area contributed by atoms with Crippen LogP contribution < -0.4 is 15.8 Å². The minimum atomic E-state index is -4.06. The smallest absolute Gasteiger partial charge is 0.354 e. The van der Waals surface area contributed by atoms with Crippen molar-refractivity contribution in [1.82, 2.24) is 0 Å². The molecule has 1 amide bonds. The molecule has 0 aliphatic heterocycles. The maximum Gasteiger partial charge on any atom is 0.354 e. The Morgan fingerprint density at radius 1 is 0.939 bits per heavy atom. The Bertz CT molecular complexity index is 1330. The molecule has 0 saturated heterocycles. The monoisotopic (exact) mass is 467 g/mol. The van der Waals surface area contributed by atoms with E-state index in [9.17, 15) is 18.0 Å². The van der Waals surface area contributed by atoms with Crippen molar-refractivity contribution in [3.63, 3.8) is 0 Å². The van der Waals surface area contributed by atoms with Crippen molar-refractivity contribution in [2.24, 2.45) is 5.73 Å². The van der Waals surface area contributed by atoms with Crippen molar-refractivity contribution in [3.05, 3.63) is 83.4 Å². The van der Waals surface area contributed by atoms with Gasteiger partial charge in [0.05, 0.1) is 18.9 Å². The number of nitrogens with two attached hydrogens (primary N) is 1. The summed E-state index contributed by atoms with van der Waals surface area (Å²) < 4.78 is 32.7. The van der Waals surface area contributed by atoms with Gasteiger partial charge in [-0.15, -0.1) is 0 Å². The average molecular weight is 468 g/mol. The molecule has 0 unspecified atom stereocenters. The summed E-state index contributed by atoms with van der Waals surface area (Å²) in [6, 6.07) is 17.5. The highest BCUT2D eigenvalue weighted by atomic mass is 32.2. The molecule has 0 fully saturated rings. The highest BCUT2D eigenvalue weighted by Gasteiger charge is 2.22. The minimum Gasteiger partial charge on any atom is -0.497 e. The number of rotatable bonds is 7. The van der Waals surface area contributed by atoms with Crippen molar-refractivity contribution in [2.45, 2.75) is 0 Å². The maximum absolute atomic E-state index is 13.0. The van der Waals surface area contributed by atoms with E-state index in [-0.39, 0.29) is 17.0 Å². The molecule has 3 rings (SSSR count). The number of benzene rings is 3. The van der Waals surface area contributed by atoms with E-state index in [1.807, 2.05) is 0 Å². The zero-order valence-corrected chi connectivity index (χ0v) is 18.6. The summed E-state index contributed by atoms with van der Waals surface area (Å²) in [5.74, 6) is -1.33. The Morgan fingerprint density at radius 2 is 1.58 bits per heavy atom. The molecule has 0 aliphatic rings. The molecule has 170 valence electrons. The fraction of sp³-hybridized carbons (Fsp3) is 0.0870. The van der Waals surface area contributed by atoms with Gasteiger partial charge in [0, 0.05) is 16.8 Å². The van der Waals surface area contributed by atoms with Crippen LogP contribution in [0.1, 0.15) is 26.3 Å². The lowest BCUT2D eigenvalue weighted by Crippen LogP contribution is -2.16. The van der Waals surface area contributed by atoms with Gasteiger partial charge in [-0.1, -0.05) is 18.2 Å². The molecule has 0 heterocycles. The van der Waals surface area contributed by atoms with Crippen LogP contribution in [0.3, 0.4) is 0 Å². The third-order valence-corrected chi connectivity index (χ3v) is 5.04. The first-order valence-electron chi connectivity index (χ1n) is 9.56. The standard InChI is InChI=1S/C23H21N3O6S/c1-31-16-11-12-18(20(13-16)23(28)32-33(2,29)30)17-5-3-4-6-19(17)22(27)26-15-9-7-14(8-10-15)21(24)25/h3-13H,1-2H3,(H3,24,25)(H,26,27). The summed E-state index contributed by atoms with van der Waals surface area (Å²) in [5.41, 5.74) is 7.29. The van der Waals surface area contributed by atoms with E-state index in [0.29, 0.717) is 28.1 Å². The number of anilines is 1. The number of carbonyl (C=O) groups is 2. The first-order valence-corrected chi connectivity index (χ1v) is 11.4. The third-order valence-electron chi connectivity index (χ3n) is 4.59. The van der Waals surface area contributed by atoms with Crippen LogP contribution in [0.25, 0.3) is 11.1 Å². The zero-order valence-electron chi connectivity index (χ0n) is 17.8. The van der Waals surface area contributed by atoms with Crippen LogP contribution in [0.15, 0.2) is 66.7 Å². The second-order valence-electron chi connectivity index (χ2n) is 6.98. The van der Waals surface area contributed by atoms with Crippen LogP contribution in [0.2, 0.25) is 0 Å². The van der Waals surface area contributed by atoms with Gasteiger partial charge in [-0.05, 0) is 59.7 Å². The predicted octanol–water partition coefficient (Wildman–Crippen LogP) is 3.01. The Labute approximate surface area is 190 Å². The van der Waals surface area contributed by atoms with Crippen LogP contribution in [0.5, 0.6) is 5.75 Å². The fourth-order valence-corrected chi connectivity index (χ4v) is 3.45. The van der Waals surface area contributed by atoms with Gasteiger partial charge in [0.15, 0.2) is 0 Å². The largest absolute Gasteiger partial charge is 0.497 e. The summed E-state index contributed by atoms with van der Waals surface area (Å²) >= 11 is 0. The van der Waals surface area contributed by atoms with Crippen LogP contribution in [-0.2, 0) is 14.3 Å². The van der Waals surface area contributed by atoms with Gasteiger partial charge in [0.2, 0.25) is 0 Å². The fourth-order valence-electron chi connectivity index (χ4n) is 3.08. The molecule has 3 aromatic rings. The van der Waals surface area contributed by atoms with E-state index in [2.05, 4.69) is 9.50 Å². The van der Waals surface area contributed by atoms with Crippen molar-refractivity contribution >= 4 is 33.5 Å². The Kier molecular flexibility index (Phi) is 6.78. The van der Waals surface area contributed by atoms with Gasteiger partial charge in [-0.2, -0.15) is 8.42 Å². The van der Waals surface area contributed by atoms with Gasteiger partial charge in [0.1, 0.15) is 11.6 Å². The van der Waals surface area contributed by atoms with Crippen molar-refractivity contribution in [1.29, 1.82) is 5.41 Å². The van der Waals surface area contributed by atoms with E-state index in [0.717, 1.165) is 6.26 Å². The van der Waals surface area contributed by atoms with E-state index in [1.54, 1.807) is 60.7 Å². The third kappa shape index (κ3) is 5.74. The molecule has 0 spiro atoms. The van der Waals surface area contributed by atoms with Gasteiger partial charge in [-0.25, -0.2) is 4.79 Å². The number of nitrogen functional groups attached to an aromatic ring is 1. The average Bonchev–Trinajstić information content (AvgIpc) is 2.78. The first kappa shape index (κ1) is 23.5. The lowest BCUT2D eigenvalue weighted by atomic mass is 9.94. The van der Waals surface area contributed by atoms with Gasteiger partial charge in [0.25, 0.3) is 5.91 Å². The quantitative estimate of drug-likeness (QED) is 0.275. The molecule has 0 bridgehead atoms. The SMILES string of the molecule is COc1ccc(-c2ccccc2C(=O)Nc2ccc(C(=N)N)cc2)c(C(=O)OS(C)(=O)=O)c1. The molecule has 0 atom stereocenters. The lowest BCUT2D eigenvalue weighted by molar-refractivity contribution is 0.0748. The number of amidine groups is 1. The minimum absolute atomic E-state index is 0.0779. The van der Waals surface area contributed by atoms with E-state index in [4.69, 9.17) is 15.9 Å². The van der Waals surface area contributed by atoms with E-state index in [1.165, 1.54) is 13.2 Å². The summed E-state index contributed by atoms with van der Waals surface area (Å²) in [6.45, 7) is 0. The van der Waals surface area contributed by atoms with Crippen LogP contribution in [0.4, 0.5) is 5.69 Å². The van der Waals surface area contributed by atoms with Gasteiger partial charge < -0.3 is 20.0 Å². The molecule has 10 heteroatoms. The molecule has 9 nitrogen and oxygen atoms in total. The molecule has 0 radical (unpaired) electrons. The molecule has 0 saturated carbocycles. The van der Waals surface area contributed by atoms with E-state index < -0.39 is 22.0 Å². The number of ether oxygens (including phenoxy) is 1. The van der Waals surface area contributed by atoms with E-state index >= 15 is 0 Å². The Hall–Kier alpha value is -4.18. The lowest BCUT2D eigenvalue weighted by Gasteiger charge is -2.14. The number of carbonyl (C=O) groups excluding carboxylic acids is 2. The van der Waals surface area contributed by atoms with Crippen molar-refractivity contribution in [2.75, 3.05) is 18.7 Å². The maximum atomic E-state index is 13.0. The van der Waals surface area contributed by atoms with Crippen molar-refractivity contribution in [3.8, 4) is 16.9 Å². The summed E-state index contributed by atoms with van der Waals surface area (Å²) in [7, 11) is -2.66. The van der Waals surface area contributed by atoms with Crippen LogP contribution >= 0.6 is 0 Å². The molecular formula is C23H21N3O6S. The summed E-state index contributed by atoms with van der Waals surface area (Å²) in [5, 5.41) is 10.2. The van der Waals surface area contributed by atoms with Crippen molar-refractivity contribution < 1.29 is 26.9 Å². The van der Waals surface area contributed by atoms with Gasteiger partial charge in [-0.3, -0.25) is 10.2 Å². The number of hydrogen-bond acceptors (Lipinski definition) is 7. The molecule has 4 N–H and O–H groups in total. The highest BCUT2D eigenvalue weighted by molar-refractivity contribution is 7.86. The first-order chi connectivity index (χ1) is 15.6. The second-order valence-corrected chi connectivity index (χ2v) is 8.55. The summed E-state index contributed by atoms with van der Waals surface area (Å²) in [6.07, 6.45) is 0.767. The normalized spacial score (nSPS) is 10.8. The highest BCUT2D eigenvalue weighted by Crippen LogP contribution is 2.31. The Balaban J connectivity index is 2.02. The number of nitrogens with one attached hydrogen (secondary N) is 2. The Morgan fingerprint density at radius 3 is 2.18 bits per heavy atom. The molecular weight excluding hydrogens is 446 g/mol. The number of methoxy groups -OCH3 is 1. The number of amides is 1. The molecule has 0 aliphatic carbocycles. The zero-order chi connectivity index (χ0) is 24.2. The molecule has 3 aromatic carbocycles. The van der Waals surface area contributed by atoms with Crippen LogP contribution in [0, 0.1) is 5.41 Å². The molecule has 33 heavy (non-hydrogen) atoms. The topological polar surface area (TPSA) is 149 Å². The summed E-state index contributed by atoms with van der Waals surface area (Å²) in [4.78, 5) is 25.6. The predicted molar refractivity (Wildman–Crippen MR) is 124 cm³/mol.